The number of furan rings is 1. The van der Waals surface area contributed by atoms with Crippen molar-refractivity contribution >= 4 is 29.1 Å². The Morgan fingerprint density at radius 2 is 2.18 bits per heavy atom. The second-order valence-electron chi connectivity index (χ2n) is 9.49. The minimum Gasteiger partial charge on any atom is -0.482 e. The van der Waals surface area contributed by atoms with Crippen LogP contribution in [-0.2, 0) is 4.79 Å². The second kappa shape index (κ2) is 8.61. The van der Waals surface area contributed by atoms with Crippen LogP contribution >= 0.6 is 11.8 Å². The van der Waals surface area contributed by atoms with Crippen molar-refractivity contribution in [3.63, 3.8) is 0 Å². The Kier molecular flexibility index (Phi) is 5.44. The number of hydrogen-bond acceptors (Lipinski definition) is 7. The van der Waals surface area contributed by atoms with E-state index in [1.807, 2.05) is 12.1 Å². The third-order valence-corrected chi connectivity index (χ3v) is 8.44. The molecule has 1 aliphatic heterocycles. The van der Waals surface area contributed by atoms with Crippen molar-refractivity contribution in [2.75, 3.05) is 17.7 Å². The average molecular weight is 479 g/mol. The van der Waals surface area contributed by atoms with Crippen LogP contribution in [0.3, 0.4) is 0 Å². The average Bonchev–Trinajstić information content (AvgIpc) is 3.65. The summed E-state index contributed by atoms with van der Waals surface area (Å²) >= 11 is 1.39. The number of fused-ring (bicyclic) bond motifs is 3. The number of benzene rings is 1. The lowest BCUT2D eigenvalue weighted by molar-refractivity contribution is -0.118. The van der Waals surface area contributed by atoms with E-state index in [9.17, 15) is 9.59 Å². The lowest BCUT2D eigenvalue weighted by atomic mass is 9.84. The fourth-order valence-corrected chi connectivity index (χ4v) is 6.78. The number of carbonyl (C=O) groups is 2. The molecule has 2 aliphatic carbocycles. The Balaban J connectivity index is 1.24. The van der Waals surface area contributed by atoms with E-state index in [1.54, 1.807) is 24.5 Å². The number of thioether (sulfide) groups is 1. The molecule has 4 atom stereocenters. The van der Waals surface area contributed by atoms with Gasteiger partial charge in [0.1, 0.15) is 5.75 Å². The highest BCUT2D eigenvalue weighted by atomic mass is 32.2. The molecule has 2 aromatic heterocycles. The zero-order valence-corrected chi connectivity index (χ0v) is 19.7. The van der Waals surface area contributed by atoms with Gasteiger partial charge >= 0.3 is 0 Å². The zero-order chi connectivity index (χ0) is 23.2. The molecule has 8 nitrogen and oxygen atoms in total. The number of nitrogens with zero attached hydrogens (tertiary/aromatic N) is 3. The monoisotopic (exact) mass is 478 g/mol. The molecule has 0 saturated heterocycles. The summed E-state index contributed by atoms with van der Waals surface area (Å²) < 4.78 is 13.2. The molecule has 2 fully saturated rings. The number of ether oxygens (including phenoxy) is 1. The largest absolute Gasteiger partial charge is 0.482 e. The quantitative estimate of drug-likeness (QED) is 0.383. The van der Waals surface area contributed by atoms with Crippen LogP contribution in [0.15, 0.2) is 46.2 Å². The van der Waals surface area contributed by atoms with Crippen molar-refractivity contribution in [3.05, 3.63) is 42.2 Å². The third-order valence-electron chi connectivity index (χ3n) is 7.49. The van der Waals surface area contributed by atoms with E-state index < -0.39 is 0 Å². The Bertz CT molecular complexity index is 1240. The number of anilines is 1. The SMILES string of the molecule is CC(C1CC2CCC1C2)n1c(SCC(=O)c2ccc3c(c2)NC(=O)CO3)nnc1-c1ccco1. The van der Waals surface area contributed by atoms with Crippen LogP contribution in [-0.4, -0.2) is 38.8 Å². The molecule has 3 aromatic rings. The smallest absolute Gasteiger partial charge is 0.262 e. The van der Waals surface area contributed by atoms with Crippen LogP contribution in [0.2, 0.25) is 0 Å². The number of Topliss-reactive ketones (excluding diaryl/α,β-unsaturated/α-hetero) is 1. The number of carbonyl (C=O) groups excluding carboxylic acids is 2. The van der Waals surface area contributed by atoms with Gasteiger partial charge in [0.15, 0.2) is 23.3 Å². The van der Waals surface area contributed by atoms with Crippen molar-refractivity contribution in [2.45, 2.75) is 43.8 Å². The van der Waals surface area contributed by atoms with Gasteiger partial charge in [-0.05, 0) is 74.3 Å². The maximum absolute atomic E-state index is 13.0. The fraction of sp³-hybridized carbons (Fsp3) is 0.440. The van der Waals surface area contributed by atoms with Crippen molar-refractivity contribution in [3.8, 4) is 17.3 Å². The summed E-state index contributed by atoms with van der Waals surface area (Å²) in [5.74, 6) is 4.09. The minimum atomic E-state index is -0.223. The standard InChI is InChI=1S/C25H26N4O4S/c1-14(18-10-15-4-5-16(18)9-15)29-24(22-3-2-8-32-22)27-28-25(29)34-13-20(30)17-6-7-21-19(11-17)26-23(31)12-33-21/h2-3,6-8,11,14-16,18H,4-5,9-10,12-13H2,1H3,(H,26,31). The van der Waals surface area contributed by atoms with E-state index in [2.05, 4.69) is 27.0 Å². The van der Waals surface area contributed by atoms with E-state index in [-0.39, 0.29) is 30.1 Å². The topological polar surface area (TPSA) is 99.2 Å². The van der Waals surface area contributed by atoms with Crippen molar-refractivity contribution in [1.29, 1.82) is 0 Å². The highest BCUT2D eigenvalue weighted by molar-refractivity contribution is 7.99. The molecule has 4 unspecified atom stereocenters. The van der Waals surface area contributed by atoms with Gasteiger partial charge in [-0.1, -0.05) is 18.2 Å². The predicted octanol–water partition coefficient (Wildman–Crippen LogP) is 4.84. The number of rotatable bonds is 7. The first kappa shape index (κ1) is 21.5. The van der Waals surface area contributed by atoms with Crippen LogP contribution < -0.4 is 10.1 Å². The molecule has 0 spiro atoms. The van der Waals surface area contributed by atoms with Gasteiger partial charge in [0, 0.05) is 11.6 Å². The molecule has 3 aliphatic rings. The summed E-state index contributed by atoms with van der Waals surface area (Å²) in [6.07, 6.45) is 6.87. The maximum atomic E-state index is 13.0. The molecule has 1 N–H and O–H groups in total. The van der Waals surface area contributed by atoms with E-state index in [0.29, 0.717) is 34.5 Å². The molecule has 2 saturated carbocycles. The third kappa shape index (κ3) is 3.81. The predicted molar refractivity (Wildman–Crippen MR) is 127 cm³/mol. The minimum absolute atomic E-state index is 0.00934. The van der Waals surface area contributed by atoms with Crippen LogP contribution in [0.25, 0.3) is 11.6 Å². The molecule has 34 heavy (non-hydrogen) atoms. The van der Waals surface area contributed by atoms with E-state index in [1.165, 1.54) is 37.4 Å². The molecule has 9 heteroatoms. The Labute approximate surface area is 201 Å². The van der Waals surface area contributed by atoms with E-state index >= 15 is 0 Å². The summed E-state index contributed by atoms with van der Waals surface area (Å²) in [5, 5.41) is 12.4. The first-order valence-electron chi connectivity index (χ1n) is 11.8. The van der Waals surface area contributed by atoms with Crippen molar-refractivity contribution in [2.24, 2.45) is 17.8 Å². The van der Waals surface area contributed by atoms with Crippen LogP contribution in [0.4, 0.5) is 5.69 Å². The number of nitrogens with one attached hydrogen (secondary N) is 1. The lowest BCUT2D eigenvalue weighted by Gasteiger charge is -2.30. The molecular formula is C25H26N4O4S. The van der Waals surface area contributed by atoms with Crippen molar-refractivity contribution in [1.82, 2.24) is 14.8 Å². The number of aromatic nitrogens is 3. The first-order chi connectivity index (χ1) is 16.6. The van der Waals surface area contributed by atoms with Crippen LogP contribution in [0, 0.1) is 17.8 Å². The van der Waals surface area contributed by atoms with Crippen molar-refractivity contribution < 1.29 is 18.7 Å². The summed E-state index contributed by atoms with van der Waals surface area (Å²) in [7, 11) is 0. The summed E-state index contributed by atoms with van der Waals surface area (Å²) in [4.78, 5) is 24.6. The summed E-state index contributed by atoms with van der Waals surface area (Å²) in [5.41, 5.74) is 1.05. The highest BCUT2D eigenvalue weighted by Gasteiger charge is 2.43. The first-order valence-corrected chi connectivity index (χ1v) is 12.8. The van der Waals surface area contributed by atoms with Gasteiger partial charge in [0.05, 0.1) is 17.7 Å². The molecule has 1 aromatic carbocycles. The van der Waals surface area contributed by atoms with Gasteiger partial charge in [0.25, 0.3) is 5.91 Å². The lowest BCUT2D eigenvalue weighted by Crippen LogP contribution is -2.25. The highest BCUT2D eigenvalue weighted by Crippen LogP contribution is 2.53. The number of amides is 1. The Morgan fingerprint density at radius 1 is 1.26 bits per heavy atom. The summed E-state index contributed by atoms with van der Waals surface area (Å²) in [6.45, 7) is 2.24. The molecule has 0 radical (unpaired) electrons. The summed E-state index contributed by atoms with van der Waals surface area (Å²) in [6, 6.07) is 9.10. The van der Waals surface area contributed by atoms with Gasteiger partial charge < -0.3 is 14.5 Å². The van der Waals surface area contributed by atoms with Crippen LogP contribution in [0.5, 0.6) is 5.75 Å². The number of ketones is 1. The molecule has 176 valence electrons. The van der Waals surface area contributed by atoms with Crippen LogP contribution in [0.1, 0.15) is 49.0 Å². The maximum Gasteiger partial charge on any atom is 0.262 e. The van der Waals surface area contributed by atoms with Gasteiger partial charge in [-0.3, -0.25) is 14.2 Å². The second-order valence-corrected chi connectivity index (χ2v) is 10.4. The Morgan fingerprint density at radius 3 is 2.94 bits per heavy atom. The molecular weight excluding hydrogens is 452 g/mol. The number of hydrogen-bond donors (Lipinski definition) is 1. The fourth-order valence-electron chi connectivity index (χ4n) is 5.86. The molecule has 6 rings (SSSR count). The van der Waals surface area contributed by atoms with Gasteiger partial charge in [0.2, 0.25) is 5.82 Å². The van der Waals surface area contributed by atoms with Gasteiger partial charge in [-0.2, -0.15) is 0 Å². The molecule has 1 amide bonds. The van der Waals surface area contributed by atoms with Gasteiger partial charge in [-0.15, -0.1) is 10.2 Å². The Hall–Kier alpha value is -3.07. The zero-order valence-electron chi connectivity index (χ0n) is 18.9. The van der Waals surface area contributed by atoms with Gasteiger partial charge in [-0.25, -0.2) is 0 Å². The van der Waals surface area contributed by atoms with E-state index in [0.717, 1.165) is 17.0 Å². The molecule has 2 bridgehead atoms. The normalized spacial score (nSPS) is 23.9. The molecule has 3 heterocycles. The van der Waals surface area contributed by atoms with E-state index in [4.69, 9.17) is 9.15 Å².